The summed E-state index contributed by atoms with van der Waals surface area (Å²) in [5, 5.41) is 5.24. The average molecular weight is 291 g/mol. The van der Waals surface area contributed by atoms with E-state index in [1.54, 1.807) is 17.0 Å². The maximum Gasteiger partial charge on any atom is 0.233 e. The van der Waals surface area contributed by atoms with Gasteiger partial charge in [0.1, 0.15) is 0 Å². The summed E-state index contributed by atoms with van der Waals surface area (Å²) in [6, 6.07) is 11.2. The first-order valence-electron chi connectivity index (χ1n) is 6.36. The monoisotopic (exact) mass is 291 g/mol. The molecule has 0 spiro atoms. The number of rotatable bonds is 7. The Kier molecular flexibility index (Phi) is 5.09. The lowest BCUT2D eigenvalue weighted by atomic mass is 10.2. The van der Waals surface area contributed by atoms with E-state index in [0.29, 0.717) is 19.5 Å². The molecule has 1 N–H and O–H groups in total. The van der Waals surface area contributed by atoms with Crippen LogP contribution < -0.4 is 4.72 Å². The summed E-state index contributed by atoms with van der Waals surface area (Å²) in [7, 11) is -3.38. The summed E-state index contributed by atoms with van der Waals surface area (Å²) in [4.78, 5) is 0. The fraction of sp³-hybridized carbons (Fsp3) is 0.214. The lowest BCUT2D eigenvalue weighted by Gasteiger charge is -2.03. The van der Waals surface area contributed by atoms with Gasteiger partial charge in [-0.2, -0.15) is 5.10 Å². The molecule has 2 rings (SSSR count). The Morgan fingerprint density at radius 1 is 1.20 bits per heavy atom. The second-order valence-corrected chi connectivity index (χ2v) is 5.93. The molecule has 2 aromatic rings. The Morgan fingerprint density at radius 3 is 2.70 bits per heavy atom. The van der Waals surface area contributed by atoms with Gasteiger partial charge in [0.25, 0.3) is 0 Å². The van der Waals surface area contributed by atoms with Gasteiger partial charge in [0.05, 0.1) is 0 Å². The molecule has 6 heteroatoms. The first kappa shape index (κ1) is 14.5. The van der Waals surface area contributed by atoms with E-state index >= 15 is 0 Å². The lowest BCUT2D eigenvalue weighted by Crippen LogP contribution is -2.23. The van der Waals surface area contributed by atoms with Gasteiger partial charge in [-0.3, -0.25) is 4.68 Å². The first-order chi connectivity index (χ1) is 9.66. The van der Waals surface area contributed by atoms with E-state index in [4.69, 9.17) is 0 Å². The Balaban J connectivity index is 1.78. The van der Waals surface area contributed by atoms with Crippen molar-refractivity contribution in [1.82, 2.24) is 14.5 Å². The number of aromatic nitrogens is 2. The van der Waals surface area contributed by atoms with Crippen molar-refractivity contribution in [2.45, 2.75) is 13.0 Å². The predicted octanol–water partition coefficient (Wildman–Crippen LogP) is 1.86. The minimum absolute atomic E-state index is 0.390. The van der Waals surface area contributed by atoms with Crippen molar-refractivity contribution in [3.63, 3.8) is 0 Å². The number of benzene rings is 1. The van der Waals surface area contributed by atoms with Crippen LogP contribution in [0.3, 0.4) is 0 Å². The summed E-state index contributed by atoms with van der Waals surface area (Å²) in [6.07, 6.45) is 5.83. The van der Waals surface area contributed by atoms with Crippen molar-refractivity contribution >= 4 is 16.1 Å². The molecule has 0 radical (unpaired) electrons. The van der Waals surface area contributed by atoms with Crippen LogP contribution in [0.4, 0.5) is 0 Å². The zero-order chi connectivity index (χ0) is 14.3. The molecule has 0 fully saturated rings. The van der Waals surface area contributed by atoms with Crippen LogP contribution in [-0.2, 0) is 16.6 Å². The third-order valence-electron chi connectivity index (χ3n) is 2.67. The minimum Gasteiger partial charge on any atom is -0.273 e. The highest BCUT2D eigenvalue weighted by molar-refractivity contribution is 7.92. The van der Waals surface area contributed by atoms with E-state index < -0.39 is 10.0 Å². The molecular weight excluding hydrogens is 274 g/mol. The topological polar surface area (TPSA) is 64.0 Å². The quantitative estimate of drug-likeness (QED) is 0.792. The van der Waals surface area contributed by atoms with Crippen molar-refractivity contribution < 1.29 is 8.42 Å². The van der Waals surface area contributed by atoms with E-state index in [9.17, 15) is 8.42 Å². The Hall–Kier alpha value is -1.92. The number of hydrogen-bond donors (Lipinski definition) is 1. The normalized spacial score (nSPS) is 12.0. The molecule has 0 saturated carbocycles. The van der Waals surface area contributed by atoms with Crippen molar-refractivity contribution in [3.05, 3.63) is 59.8 Å². The highest BCUT2D eigenvalue weighted by Gasteiger charge is 2.03. The third kappa shape index (κ3) is 4.99. The molecule has 20 heavy (non-hydrogen) atoms. The largest absolute Gasteiger partial charge is 0.273 e. The first-order valence-corrected chi connectivity index (χ1v) is 7.91. The molecule has 106 valence electrons. The van der Waals surface area contributed by atoms with Gasteiger partial charge < -0.3 is 0 Å². The molecule has 0 amide bonds. The standard InChI is InChI=1S/C14H17N3O2S/c18-20(19,13-8-14-6-2-1-3-7-14)16-10-5-12-17-11-4-9-15-17/h1-4,6-9,11,13,16H,5,10,12H2/b13-8+. The van der Waals surface area contributed by atoms with Gasteiger partial charge in [-0.1, -0.05) is 30.3 Å². The van der Waals surface area contributed by atoms with Crippen LogP contribution in [0.5, 0.6) is 0 Å². The minimum atomic E-state index is -3.38. The maximum absolute atomic E-state index is 11.7. The van der Waals surface area contributed by atoms with Crippen molar-refractivity contribution in [2.75, 3.05) is 6.54 Å². The molecule has 0 bridgehead atoms. The number of nitrogens with one attached hydrogen (secondary N) is 1. The van der Waals surface area contributed by atoms with Crippen LogP contribution in [0.1, 0.15) is 12.0 Å². The van der Waals surface area contributed by atoms with Gasteiger partial charge in [-0.25, -0.2) is 13.1 Å². The zero-order valence-electron chi connectivity index (χ0n) is 11.0. The van der Waals surface area contributed by atoms with Gasteiger partial charge in [0.15, 0.2) is 0 Å². The van der Waals surface area contributed by atoms with Gasteiger partial charge in [-0.05, 0) is 24.1 Å². The van der Waals surface area contributed by atoms with Crippen molar-refractivity contribution in [2.24, 2.45) is 0 Å². The summed E-state index contributed by atoms with van der Waals surface area (Å²) in [6.45, 7) is 1.08. The van der Waals surface area contributed by atoms with Gasteiger partial charge in [-0.15, -0.1) is 0 Å². The van der Waals surface area contributed by atoms with E-state index in [2.05, 4.69) is 9.82 Å². The van der Waals surface area contributed by atoms with Crippen LogP contribution in [0.25, 0.3) is 6.08 Å². The molecular formula is C14H17N3O2S. The molecule has 0 aliphatic carbocycles. The fourth-order valence-corrected chi connectivity index (χ4v) is 2.53. The van der Waals surface area contributed by atoms with Gasteiger partial charge in [0.2, 0.25) is 10.0 Å². The predicted molar refractivity (Wildman–Crippen MR) is 79.2 cm³/mol. The molecule has 0 aliphatic rings. The van der Waals surface area contributed by atoms with E-state index in [1.807, 2.05) is 42.6 Å². The summed E-state index contributed by atoms with van der Waals surface area (Å²) in [5.74, 6) is 0. The van der Waals surface area contributed by atoms with Crippen LogP contribution in [0.2, 0.25) is 0 Å². The molecule has 0 aliphatic heterocycles. The van der Waals surface area contributed by atoms with Crippen LogP contribution in [0.15, 0.2) is 54.2 Å². The number of nitrogens with zero attached hydrogens (tertiary/aromatic N) is 2. The van der Waals surface area contributed by atoms with Gasteiger partial charge in [0, 0.05) is 30.9 Å². The van der Waals surface area contributed by atoms with Gasteiger partial charge >= 0.3 is 0 Å². The smallest absolute Gasteiger partial charge is 0.233 e. The maximum atomic E-state index is 11.7. The molecule has 0 saturated heterocycles. The average Bonchev–Trinajstić information content (AvgIpc) is 2.96. The van der Waals surface area contributed by atoms with Crippen molar-refractivity contribution in [1.29, 1.82) is 0 Å². The number of aryl methyl sites for hydroxylation is 1. The van der Waals surface area contributed by atoms with E-state index in [0.717, 1.165) is 5.56 Å². The van der Waals surface area contributed by atoms with Crippen LogP contribution in [-0.4, -0.2) is 24.7 Å². The Morgan fingerprint density at radius 2 is 2.00 bits per heavy atom. The molecule has 5 nitrogen and oxygen atoms in total. The molecule has 1 aromatic heterocycles. The van der Waals surface area contributed by atoms with Crippen molar-refractivity contribution in [3.8, 4) is 0 Å². The third-order valence-corrected chi connectivity index (χ3v) is 3.77. The number of sulfonamides is 1. The van der Waals surface area contributed by atoms with E-state index in [-0.39, 0.29) is 0 Å². The lowest BCUT2D eigenvalue weighted by molar-refractivity contribution is 0.557. The Bertz CT molecular complexity index is 634. The number of hydrogen-bond acceptors (Lipinski definition) is 3. The molecule has 1 aromatic carbocycles. The second-order valence-electron chi connectivity index (χ2n) is 4.28. The SMILES string of the molecule is O=S(=O)(/C=C/c1ccccc1)NCCCn1cccn1. The summed E-state index contributed by atoms with van der Waals surface area (Å²) < 4.78 is 27.8. The highest BCUT2D eigenvalue weighted by Crippen LogP contribution is 2.02. The van der Waals surface area contributed by atoms with Crippen LogP contribution >= 0.6 is 0 Å². The second kappa shape index (κ2) is 7.02. The fourth-order valence-electron chi connectivity index (χ4n) is 1.67. The molecule has 1 heterocycles. The zero-order valence-corrected chi connectivity index (χ0v) is 11.8. The molecule has 0 unspecified atom stereocenters. The Labute approximate surface area is 119 Å². The molecule has 0 atom stereocenters. The highest BCUT2D eigenvalue weighted by atomic mass is 32.2. The summed E-state index contributed by atoms with van der Waals surface area (Å²) in [5.41, 5.74) is 0.856. The van der Waals surface area contributed by atoms with Crippen LogP contribution in [0, 0.1) is 0 Å². The summed E-state index contributed by atoms with van der Waals surface area (Å²) >= 11 is 0. The van der Waals surface area contributed by atoms with E-state index in [1.165, 1.54) is 5.41 Å².